The van der Waals surface area contributed by atoms with Gasteiger partial charge >= 0.3 is 0 Å². The van der Waals surface area contributed by atoms with E-state index in [4.69, 9.17) is 14.8 Å². The molecule has 1 fully saturated rings. The SMILES string of the molecule is CO[C@H]1CN(C)C(=O)[C@@H]2C[C@@H](CN2c2cc(=O)n3c4c2cnn4-c2ccc(F)cc2CCC3)Nc2cccc(n2)-c2cc(F)cc3nc(C)n(c23)C1. The van der Waals surface area contributed by atoms with Crippen molar-refractivity contribution in [3.8, 4) is 16.9 Å². The van der Waals surface area contributed by atoms with E-state index in [0.29, 0.717) is 78.6 Å². The molecular formula is C38H37F2N9O3. The van der Waals surface area contributed by atoms with E-state index < -0.39 is 18.0 Å². The number of methoxy groups -OCH3 is 1. The summed E-state index contributed by atoms with van der Waals surface area (Å²) in [6.07, 6.45) is 3.01. The van der Waals surface area contributed by atoms with Crippen LogP contribution in [0.5, 0.6) is 0 Å². The van der Waals surface area contributed by atoms with Crippen LogP contribution in [0, 0.1) is 18.6 Å². The molecule has 266 valence electrons. The number of hydrogen-bond donors (Lipinski definition) is 1. The average Bonchev–Trinajstić information content (AvgIpc) is 3.82. The van der Waals surface area contributed by atoms with Crippen molar-refractivity contribution in [2.45, 2.75) is 57.5 Å². The fourth-order valence-electron chi connectivity index (χ4n) is 8.32. The Morgan fingerprint density at radius 3 is 2.65 bits per heavy atom. The fourth-order valence-corrected chi connectivity index (χ4v) is 8.32. The number of aryl methyl sites for hydroxylation is 3. The Kier molecular flexibility index (Phi) is 7.61. The van der Waals surface area contributed by atoms with Crippen LogP contribution in [0.15, 0.2) is 65.6 Å². The molecule has 7 heterocycles. The molecular weight excluding hydrogens is 668 g/mol. The highest BCUT2D eigenvalue weighted by atomic mass is 19.1. The Morgan fingerprint density at radius 2 is 1.81 bits per heavy atom. The van der Waals surface area contributed by atoms with Crippen LogP contribution in [-0.4, -0.2) is 85.1 Å². The number of halogens is 2. The van der Waals surface area contributed by atoms with Gasteiger partial charge in [-0.05, 0) is 68.1 Å². The van der Waals surface area contributed by atoms with Crippen LogP contribution in [-0.2, 0) is 29.0 Å². The lowest BCUT2D eigenvalue weighted by Crippen LogP contribution is -2.47. The third-order valence-corrected chi connectivity index (χ3v) is 10.7. The number of hydrogen-bond acceptors (Lipinski definition) is 8. The minimum Gasteiger partial charge on any atom is -0.378 e. The number of fused-ring (bicyclic) bond motifs is 7. The lowest BCUT2D eigenvalue weighted by molar-refractivity contribution is -0.132. The van der Waals surface area contributed by atoms with Gasteiger partial charge in [0.15, 0.2) is 0 Å². The number of amides is 1. The van der Waals surface area contributed by atoms with Crippen LogP contribution in [0.25, 0.3) is 39.0 Å². The number of ether oxygens (including phenoxy) is 1. The molecule has 4 aromatic heterocycles. The van der Waals surface area contributed by atoms with E-state index in [1.165, 1.54) is 24.3 Å². The molecule has 12 nitrogen and oxygen atoms in total. The Balaban J connectivity index is 1.17. The number of rotatable bonds is 2. The predicted octanol–water partition coefficient (Wildman–Crippen LogP) is 4.68. The number of aromatic nitrogens is 6. The molecule has 4 bridgehead atoms. The van der Waals surface area contributed by atoms with Gasteiger partial charge in [-0.15, -0.1) is 0 Å². The second-order valence-corrected chi connectivity index (χ2v) is 14.0. The molecule has 3 aliphatic heterocycles. The maximum absolute atomic E-state index is 15.0. The lowest BCUT2D eigenvalue weighted by Gasteiger charge is -2.31. The van der Waals surface area contributed by atoms with Gasteiger partial charge in [-0.3, -0.25) is 14.2 Å². The van der Waals surface area contributed by atoms with Crippen molar-refractivity contribution in [3.05, 3.63) is 94.2 Å². The smallest absolute Gasteiger partial charge is 0.254 e. The largest absolute Gasteiger partial charge is 0.378 e. The molecule has 0 spiro atoms. The number of carbonyl (C=O) groups excluding carboxylic acids is 1. The van der Waals surface area contributed by atoms with Crippen molar-refractivity contribution in [1.29, 1.82) is 0 Å². The van der Waals surface area contributed by atoms with Crippen molar-refractivity contribution in [2.75, 3.05) is 37.5 Å². The first-order valence-electron chi connectivity index (χ1n) is 17.5. The molecule has 1 amide bonds. The molecule has 2 aromatic carbocycles. The highest BCUT2D eigenvalue weighted by Crippen LogP contribution is 2.36. The third kappa shape index (κ3) is 5.23. The fraction of sp³-hybridized carbons (Fsp3) is 0.342. The molecule has 3 atom stereocenters. The number of imidazole rings is 1. The minimum atomic E-state index is -0.627. The van der Waals surface area contributed by atoms with Crippen LogP contribution in [0.1, 0.15) is 24.2 Å². The highest BCUT2D eigenvalue weighted by Gasteiger charge is 2.40. The third-order valence-electron chi connectivity index (χ3n) is 10.7. The molecule has 14 heteroatoms. The predicted molar refractivity (Wildman–Crippen MR) is 193 cm³/mol. The van der Waals surface area contributed by atoms with Crippen molar-refractivity contribution >= 4 is 39.5 Å². The molecule has 0 aliphatic carbocycles. The van der Waals surface area contributed by atoms with E-state index in [-0.39, 0.29) is 29.9 Å². The highest BCUT2D eigenvalue weighted by molar-refractivity contribution is 5.95. The summed E-state index contributed by atoms with van der Waals surface area (Å²) >= 11 is 0. The van der Waals surface area contributed by atoms with Crippen LogP contribution in [0.3, 0.4) is 0 Å². The molecule has 0 unspecified atom stereocenters. The number of benzene rings is 2. The zero-order valence-corrected chi connectivity index (χ0v) is 29.0. The molecule has 1 saturated heterocycles. The summed E-state index contributed by atoms with van der Waals surface area (Å²) in [7, 11) is 3.38. The summed E-state index contributed by atoms with van der Waals surface area (Å²) < 4.78 is 40.7. The van der Waals surface area contributed by atoms with E-state index in [2.05, 4.69) is 10.3 Å². The summed E-state index contributed by atoms with van der Waals surface area (Å²) in [5.41, 5.74) is 5.01. The Hall–Kier alpha value is -5.63. The van der Waals surface area contributed by atoms with Gasteiger partial charge in [-0.25, -0.2) is 23.4 Å². The van der Waals surface area contributed by atoms with Gasteiger partial charge in [0.25, 0.3) is 5.56 Å². The van der Waals surface area contributed by atoms with E-state index in [0.717, 1.165) is 22.2 Å². The Bertz CT molecular complexity index is 2470. The second-order valence-electron chi connectivity index (χ2n) is 14.0. The van der Waals surface area contributed by atoms with Crippen LogP contribution < -0.4 is 15.8 Å². The van der Waals surface area contributed by atoms with Crippen LogP contribution in [0.2, 0.25) is 0 Å². The first kappa shape index (κ1) is 32.3. The van der Waals surface area contributed by atoms with Crippen LogP contribution in [0.4, 0.5) is 20.3 Å². The zero-order valence-electron chi connectivity index (χ0n) is 29.0. The number of nitrogens with zero attached hydrogens (tertiary/aromatic N) is 8. The summed E-state index contributed by atoms with van der Waals surface area (Å²) in [5.74, 6) is 0.416. The first-order chi connectivity index (χ1) is 25.2. The van der Waals surface area contributed by atoms with Crippen molar-refractivity contribution in [3.63, 3.8) is 0 Å². The maximum atomic E-state index is 15.0. The van der Waals surface area contributed by atoms with Gasteiger partial charge < -0.3 is 24.4 Å². The average molecular weight is 706 g/mol. The van der Waals surface area contributed by atoms with Crippen molar-refractivity contribution < 1.29 is 18.3 Å². The van der Waals surface area contributed by atoms with E-state index in [9.17, 15) is 14.0 Å². The molecule has 9 rings (SSSR count). The molecule has 3 aliphatic rings. The Morgan fingerprint density at radius 1 is 0.942 bits per heavy atom. The molecule has 1 N–H and O–H groups in total. The second kappa shape index (κ2) is 12.3. The lowest BCUT2D eigenvalue weighted by atomic mass is 10.1. The van der Waals surface area contributed by atoms with Crippen molar-refractivity contribution in [2.24, 2.45) is 0 Å². The van der Waals surface area contributed by atoms with Gasteiger partial charge in [0.05, 0.1) is 52.3 Å². The molecule has 0 saturated carbocycles. The summed E-state index contributed by atoms with van der Waals surface area (Å²) in [6.45, 7) is 3.36. The summed E-state index contributed by atoms with van der Waals surface area (Å²) in [6, 6.07) is 13.9. The monoisotopic (exact) mass is 705 g/mol. The number of nitrogens with one attached hydrogen (secondary N) is 1. The van der Waals surface area contributed by atoms with Crippen LogP contribution >= 0.6 is 0 Å². The van der Waals surface area contributed by atoms with E-state index in [1.54, 1.807) is 46.6 Å². The summed E-state index contributed by atoms with van der Waals surface area (Å²) in [5, 5.41) is 9.00. The minimum absolute atomic E-state index is 0.121. The zero-order chi connectivity index (χ0) is 35.8. The van der Waals surface area contributed by atoms with Gasteiger partial charge in [0.2, 0.25) is 5.91 Å². The van der Waals surface area contributed by atoms with Gasteiger partial charge in [-0.1, -0.05) is 6.07 Å². The first-order valence-corrected chi connectivity index (χ1v) is 17.5. The van der Waals surface area contributed by atoms with Gasteiger partial charge in [0, 0.05) is 57.5 Å². The standard InChI is InChI=1S/C38H37F2N9O3/c1-21-42-30-14-24(40)13-27-29-7-4-8-34(44-29)43-25-15-33(38(51)45(2)19-26(52-3)20-47(21)36(27)30)48(18-25)32-16-35(50)46-11-5-6-22-12-23(39)9-10-31(22)49-37(46)28(32)17-41-49/h4,7-10,12-14,16-17,25-26,33H,5-6,11,15,18-20H2,1-3H3,(H,43,44)/t25-,26-,33-/m0/s1. The Labute approximate surface area is 297 Å². The quantitative estimate of drug-likeness (QED) is 0.277. The van der Waals surface area contributed by atoms with E-state index >= 15 is 4.39 Å². The molecule has 52 heavy (non-hydrogen) atoms. The van der Waals surface area contributed by atoms with Gasteiger partial charge in [-0.2, -0.15) is 5.10 Å². The number of pyridine rings is 2. The number of anilines is 2. The number of carbonyl (C=O) groups is 1. The topological polar surface area (TPSA) is 115 Å². The van der Waals surface area contributed by atoms with E-state index in [1.807, 2.05) is 34.6 Å². The summed E-state index contributed by atoms with van der Waals surface area (Å²) in [4.78, 5) is 41.8. The van der Waals surface area contributed by atoms with Crippen molar-refractivity contribution in [1.82, 2.24) is 33.8 Å². The normalized spacial score (nSPS) is 20.3. The number of likely N-dealkylation sites (N-methyl/N-ethyl adjacent to an activating group) is 1. The maximum Gasteiger partial charge on any atom is 0.254 e. The molecule has 0 radical (unpaired) electrons. The van der Waals surface area contributed by atoms with Gasteiger partial charge in [0.1, 0.15) is 35.0 Å². The molecule has 6 aromatic rings.